The Bertz CT molecular complexity index is 358. The summed E-state index contributed by atoms with van der Waals surface area (Å²) >= 11 is 0. The molecule has 0 aromatic heterocycles. The van der Waals surface area contributed by atoms with Crippen LogP contribution in [-0.4, -0.2) is 47.0 Å². The molecule has 2 unspecified atom stereocenters. The topological polar surface area (TPSA) is 135 Å². The minimum Gasteiger partial charge on any atom is -0.480 e. The van der Waals surface area contributed by atoms with Gasteiger partial charge in [0.2, 0.25) is 0 Å². The average Bonchev–Trinajstić information content (AvgIpc) is 2.66. The second-order valence-electron chi connectivity index (χ2n) is 3.20. The number of carboxylic acids is 2. The van der Waals surface area contributed by atoms with Gasteiger partial charge in [-0.15, -0.1) is 0 Å². The lowest BCUT2D eigenvalue weighted by molar-refractivity contribution is -0.192. The molecule has 1 aliphatic heterocycles. The van der Waals surface area contributed by atoms with Gasteiger partial charge in [0, 0.05) is 11.5 Å². The van der Waals surface area contributed by atoms with E-state index in [4.69, 9.17) is 20.5 Å². The molecule has 0 spiro atoms. The SMILES string of the molecule is O=C(O)C(F)(F)F.[N-]=[N+]=NC1CNC(C(=O)O)C1. The molecule has 0 aliphatic carbocycles. The minimum atomic E-state index is -5.08. The molecule has 18 heavy (non-hydrogen) atoms. The zero-order chi connectivity index (χ0) is 14.3. The van der Waals surface area contributed by atoms with Crippen LogP contribution in [0, 0.1) is 0 Å². The Morgan fingerprint density at radius 2 is 1.89 bits per heavy atom. The fourth-order valence-electron chi connectivity index (χ4n) is 1.07. The summed E-state index contributed by atoms with van der Waals surface area (Å²) in [4.78, 5) is 21.9. The van der Waals surface area contributed by atoms with Crippen molar-refractivity contribution in [1.29, 1.82) is 0 Å². The fourth-order valence-corrected chi connectivity index (χ4v) is 1.07. The van der Waals surface area contributed by atoms with Gasteiger partial charge in [0.15, 0.2) is 0 Å². The van der Waals surface area contributed by atoms with Crippen LogP contribution >= 0.6 is 0 Å². The molecule has 1 heterocycles. The van der Waals surface area contributed by atoms with Crippen molar-refractivity contribution in [3.8, 4) is 0 Å². The molecule has 1 fully saturated rings. The van der Waals surface area contributed by atoms with Crippen LogP contribution in [0.1, 0.15) is 6.42 Å². The Labute approximate surface area is 98.0 Å². The lowest BCUT2D eigenvalue weighted by Crippen LogP contribution is -2.29. The van der Waals surface area contributed by atoms with Crippen LogP contribution in [0.3, 0.4) is 0 Å². The predicted molar refractivity (Wildman–Crippen MR) is 50.7 cm³/mol. The summed E-state index contributed by atoms with van der Waals surface area (Å²) in [7, 11) is 0. The van der Waals surface area contributed by atoms with E-state index in [9.17, 15) is 18.0 Å². The van der Waals surface area contributed by atoms with Crippen LogP contribution in [0.2, 0.25) is 0 Å². The smallest absolute Gasteiger partial charge is 0.480 e. The van der Waals surface area contributed by atoms with Gasteiger partial charge in [-0.05, 0) is 12.0 Å². The highest BCUT2D eigenvalue weighted by molar-refractivity contribution is 5.74. The van der Waals surface area contributed by atoms with Crippen LogP contribution in [-0.2, 0) is 9.59 Å². The molecule has 8 nitrogen and oxygen atoms in total. The first-order valence-electron chi connectivity index (χ1n) is 4.49. The third-order valence-electron chi connectivity index (χ3n) is 1.86. The quantitative estimate of drug-likeness (QED) is 0.386. The third-order valence-corrected chi connectivity index (χ3v) is 1.86. The zero-order valence-electron chi connectivity index (χ0n) is 8.76. The van der Waals surface area contributed by atoms with Gasteiger partial charge in [0.1, 0.15) is 6.04 Å². The van der Waals surface area contributed by atoms with Gasteiger partial charge in [0.05, 0.1) is 6.04 Å². The number of nitrogens with zero attached hydrogens (tertiary/aromatic N) is 3. The van der Waals surface area contributed by atoms with Crippen molar-refractivity contribution in [2.24, 2.45) is 5.11 Å². The first kappa shape index (κ1) is 16.0. The second-order valence-corrected chi connectivity index (χ2v) is 3.20. The van der Waals surface area contributed by atoms with Crippen molar-refractivity contribution >= 4 is 11.9 Å². The van der Waals surface area contributed by atoms with Crippen LogP contribution in [0.4, 0.5) is 13.2 Å². The van der Waals surface area contributed by atoms with E-state index in [-0.39, 0.29) is 6.04 Å². The summed E-state index contributed by atoms with van der Waals surface area (Å²) in [6.07, 6.45) is -4.70. The van der Waals surface area contributed by atoms with Gasteiger partial charge < -0.3 is 15.5 Å². The highest BCUT2D eigenvalue weighted by atomic mass is 19.4. The number of carbonyl (C=O) groups is 2. The number of azide groups is 1. The first-order chi connectivity index (χ1) is 8.18. The molecule has 2 atom stereocenters. The Balaban J connectivity index is 0.000000360. The molecule has 1 saturated heterocycles. The normalized spacial score (nSPS) is 22.4. The summed E-state index contributed by atoms with van der Waals surface area (Å²) in [5.74, 6) is -3.65. The molecule has 0 amide bonds. The summed E-state index contributed by atoms with van der Waals surface area (Å²) in [5, 5.41) is 21.8. The molecule has 0 saturated carbocycles. The lowest BCUT2D eigenvalue weighted by atomic mass is 10.2. The van der Waals surface area contributed by atoms with Gasteiger partial charge in [-0.1, -0.05) is 5.11 Å². The van der Waals surface area contributed by atoms with Gasteiger partial charge >= 0.3 is 18.1 Å². The average molecular weight is 270 g/mol. The minimum absolute atomic E-state index is 0.207. The van der Waals surface area contributed by atoms with Crippen molar-refractivity contribution < 1.29 is 33.0 Å². The molecule has 3 N–H and O–H groups in total. The van der Waals surface area contributed by atoms with E-state index < -0.39 is 24.2 Å². The van der Waals surface area contributed by atoms with Crippen molar-refractivity contribution in [3.05, 3.63) is 10.4 Å². The summed E-state index contributed by atoms with van der Waals surface area (Å²) < 4.78 is 31.7. The Morgan fingerprint density at radius 1 is 1.39 bits per heavy atom. The summed E-state index contributed by atoms with van der Waals surface area (Å²) in [5.41, 5.74) is 8.03. The molecule has 0 aromatic rings. The molecule has 11 heteroatoms. The molecule has 102 valence electrons. The molecular weight excluding hydrogens is 261 g/mol. The van der Waals surface area contributed by atoms with Crippen LogP contribution < -0.4 is 5.32 Å². The van der Waals surface area contributed by atoms with Gasteiger partial charge in [-0.25, -0.2) is 4.79 Å². The van der Waals surface area contributed by atoms with Gasteiger partial charge in [0.25, 0.3) is 0 Å². The molecule has 0 radical (unpaired) electrons. The molecule has 0 bridgehead atoms. The van der Waals surface area contributed by atoms with E-state index in [0.717, 1.165) is 0 Å². The van der Waals surface area contributed by atoms with E-state index >= 15 is 0 Å². The maximum atomic E-state index is 10.6. The Kier molecular flexibility index (Phi) is 5.93. The Hall–Kier alpha value is -2.00. The number of alkyl halides is 3. The van der Waals surface area contributed by atoms with Crippen LogP contribution in [0.15, 0.2) is 5.11 Å². The number of halogens is 3. The van der Waals surface area contributed by atoms with E-state index in [2.05, 4.69) is 15.3 Å². The maximum absolute atomic E-state index is 10.6. The Morgan fingerprint density at radius 3 is 2.17 bits per heavy atom. The van der Waals surface area contributed by atoms with Crippen LogP contribution in [0.25, 0.3) is 10.4 Å². The van der Waals surface area contributed by atoms with Crippen LogP contribution in [0.5, 0.6) is 0 Å². The standard InChI is InChI=1S/C5H8N4O2.C2HF3O2/c6-9-8-3-1-4(5(10)11)7-2-3;3-2(4,5)1(6)7/h3-4,7H,1-2H2,(H,10,11);(H,6,7). The largest absolute Gasteiger partial charge is 0.490 e. The lowest BCUT2D eigenvalue weighted by Gasteiger charge is -2.00. The molecule has 1 aliphatic rings. The second kappa shape index (κ2) is 6.67. The zero-order valence-corrected chi connectivity index (χ0v) is 8.76. The molecule has 0 aromatic carbocycles. The van der Waals surface area contributed by atoms with E-state index in [0.29, 0.717) is 13.0 Å². The van der Waals surface area contributed by atoms with Gasteiger partial charge in [-0.2, -0.15) is 13.2 Å². The summed E-state index contributed by atoms with van der Waals surface area (Å²) in [6, 6.07) is -0.758. The van der Waals surface area contributed by atoms with Gasteiger partial charge in [-0.3, -0.25) is 4.79 Å². The monoisotopic (exact) mass is 270 g/mol. The summed E-state index contributed by atoms with van der Waals surface area (Å²) in [6.45, 7) is 0.459. The highest BCUT2D eigenvalue weighted by Crippen LogP contribution is 2.13. The molecular formula is C7H9F3N4O4. The number of rotatable bonds is 2. The molecule has 1 rings (SSSR count). The first-order valence-corrected chi connectivity index (χ1v) is 4.49. The number of carboxylic acid groups (broad SMARTS) is 2. The van der Waals surface area contributed by atoms with E-state index in [1.807, 2.05) is 0 Å². The van der Waals surface area contributed by atoms with Crippen molar-refractivity contribution in [2.75, 3.05) is 6.54 Å². The number of nitrogens with one attached hydrogen (secondary N) is 1. The van der Waals surface area contributed by atoms with E-state index in [1.54, 1.807) is 0 Å². The predicted octanol–water partition coefficient (Wildman–Crippen LogP) is 0.745. The number of hydrogen-bond donors (Lipinski definition) is 3. The number of hydrogen-bond acceptors (Lipinski definition) is 4. The maximum Gasteiger partial charge on any atom is 0.490 e. The number of aliphatic carboxylic acids is 2. The van der Waals surface area contributed by atoms with Crippen molar-refractivity contribution in [3.63, 3.8) is 0 Å². The fraction of sp³-hybridized carbons (Fsp3) is 0.714. The van der Waals surface area contributed by atoms with Crippen molar-refractivity contribution in [1.82, 2.24) is 5.32 Å². The van der Waals surface area contributed by atoms with E-state index in [1.165, 1.54) is 0 Å². The third kappa shape index (κ3) is 5.92. The highest BCUT2D eigenvalue weighted by Gasteiger charge is 2.38. The van der Waals surface area contributed by atoms with Crippen molar-refractivity contribution in [2.45, 2.75) is 24.7 Å².